The van der Waals surface area contributed by atoms with E-state index in [0.717, 1.165) is 42.7 Å². The van der Waals surface area contributed by atoms with E-state index >= 15 is 0 Å². The number of fused-ring (bicyclic) bond motifs is 1. The summed E-state index contributed by atoms with van der Waals surface area (Å²) in [6, 6.07) is 8.80. The maximum Gasteiger partial charge on any atom is 0.324 e. The topological polar surface area (TPSA) is 98.8 Å². The Morgan fingerprint density at radius 3 is 2.52 bits per heavy atom. The molecule has 2 aliphatic rings. The summed E-state index contributed by atoms with van der Waals surface area (Å²) in [4.78, 5) is 29.0. The third-order valence-corrected chi connectivity index (χ3v) is 7.82. The van der Waals surface area contributed by atoms with Crippen LogP contribution in [0.4, 0.5) is 16.2 Å². The highest BCUT2D eigenvalue weighted by molar-refractivity contribution is 7.89. The zero-order valence-corrected chi connectivity index (χ0v) is 20.2. The third-order valence-electron chi connectivity index (χ3n) is 6.05. The highest BCUT2D eigenvalue weighted by atomic mass is 35.5. The van der Waals surface area contributed by atoms with E-state index in [0.29, 0.717) is 23.7 Å². The largest absolute Gasteiger partial charge is 0.324 e. The van der Waals surface area contributed by atoms with Crippen molar-refractivity contribution in [2.24, 2.45) is 0 Å². The Labute approximate surface area is 198 Å². The van der Waals surface area contributed by atoms with E-state index in [1.54, 1.807) is 35.2 Å². The molecule has 3 amide bonds. The lowest BCUT2D eigenvalue weighted by molar-refractivity contribution is -0.117. The van der Waals surface area contributed by atoms with Crippen LogP contribution in [0.3, 0.4) is 0 Å². The minimum absolute atomic E-state index is 0.0263. The van der Waals surface area contributed by atoms with Crippen molar-refractivity contribution in [3.63, 3.8) is 0 Å². The molecule has 1 atom stereocenters. The number of likely N-dealkylation sites (tertiary alicyclic amines) is 1. The van der Waals surface area contributed by atoms with Crippen LogP contribution in [-0.2, 0) is 21.2 Å². The number of nitrogens with one attached hydrogen (secondary N) is 2. The summed E-state index contributed by atoms with van der Waals surface area (Å²) < 4.78 is 28.3. The molecule has 1 saturated heterocycles. The Hall–Kier alpha value is -2.62. The first-order valence-corrected chi connectivity index (χ1v) is 12.8. The van der Waals surface area contributed by atoms with Gasteiger partial charge in [-0.1, -0.05) is 17.7 Å². The lowest BCUT2D eigenvalue weighted by atomic mass is 10.2. The van der Waals surface area contributed by atoms with Crippen LogP contribution < -0.4 is 14.9 Å². The standard InChI is InChI=1S/C23H27ClN4O4S/c1-15-5-6-18(24)14-20(15)25-22(29)16(2)26-33(31,32)19-7-8-21-17(13-19)9-12-28(21)23(30)27-10-3-4-11-27/h5-8,13-14,16,26H,3-4,9-12H2,1-2H3,(H,25,29)/t16-/m1/s1. The maximum absolute atomic E-state index is 12.9. The number of urea groups is 1. The second-order valence-electron chi connectivity index (χ2n) is 8.46. The van der Waals surface area contributed by atoms with Gasteiger partial charge in [0.15, 0.2) is 0 Å². The van der Waals surface area contributed by atoms with Gasteiger partial charge in [-0.25, -0.2) is 13.2 Å². The Balaban J connectivity index is 1.46. The van der Waals surface area contributed by atoms with E-state index in [9.17, 15) is 18.0 Å². The SMILES string of the molecule is Cc1ccc(Cl)cc1NC(=O)[C@@H](C)NS(=O)(=O)c1ccc2c(c1)CCN2C(=O)N1CCCC1. The number of anilines is 2. The van der Waals surface area contributed by atoms with Crippen LogP contribution >= 0.6 is 11.6 Å². The molecule has 0 saturated carbocycles. The smallest absolute Gasteiger partial charge is 0.324 e. The highest BCUT2D eigenvalue weighted by Gasteiger charge is 2.31. The first-order valence-electron chi connectivity index (χ1n) is 10.9. The molecule has 0 unspecified atom stereocenters. The van der Waals surface area contributed by atoms with E-state index in [4.69, 9.17) is 11.6 Å². The van der Waals surface area contributed by atoms with Gasteiger partial charge in [-0.3, -0.25) is 9.69 Å². The summed E-state index contributed by atoms with van der Waals surface area (Å²) in [5.41, 5.74) is 2.89. The number of carbonyl (C=O) groups excluding carboxylic acids is 2. The molecule has 1 fully saturated rings. The van der Waals surface area contributed by atoms with Crippen molar-refractivity contribution in [2.45, 2.75) is 44.0 Å². The molecule has 2 heterocycles. The van der Waals surface area contributed by atoms with Gasteiger partial charge in [0.1, 0.15) is 0 Å². The molecule has 2 aromatic rings. The number of benzene rings is 2. The van der Waals surface area contributed by atoms with Crippen LogP contribution in [0.2, 0.25) is 5.02 Å². The van der Waals surface area contributed by atoms with Crippen LogP contribution in [0.5, 0.6) is 0 Å². The summed E-state index contributed by atoms with van der Waals surface area (Å²) in [7, 11) is -3.94. The van der Waals surface area contributed by atoms with Gasteiger partial charge in [-0.15, -0.1) is 0 Å². The van der Waals surface area contributed by atoms with E-state index < -0.39 is 22.0 Å². The number of hydrogen-bond acceptors (Lipinski definition) is 4. The molecule has 8 nitrogen and oxygen atoms in total. The summed E-state index contributed by atoms with van der Waals surface area (Å²) in [5, 5.41) is 3.18. The monoisotopic (exact) mass is 490 g/mol. The van der Waals surface area contributed by atoms with E-state index in [2.05, 4.69) is 10.0 Å². The molecular formula is C23H27ClN4O4S. The predicted molar refractivity (Wildman–Crippen MR) is 128 cm³/mol. The average molecular weight is 491 g/mol. The lowest BCUT2D eigenvalue weighted by Crippen LogP contribution is -2.41. The first-order chi connectivity index (χ1) is 15.7. The fourth-order valence-corrected chi connectivity index (χ4v) is 5.57. The number of amides is 3. The Morgan fingerprint density at radius 1 is 1.06 bits per heavy atom. The average Bonchev–Trinajstić information content (AvgIpc) is 3.45. The Bertz CT molecular complexity index is 1190. The van der Waals surface area contributed by atoms with Crippen molar-refractivity contribution < 1.29 is 18.0 Å². The van der Waals surface area contributed by atoms with E-state index in [-0.39, 0.29) is 10.9 Å². The molecule has 4 rings (SSSR count). The summed E-state index contributed by atoms with van der Waals surface area (Å²) >= 11 is 5.99. The summed E-state index contributed by atoms with van der Waals surface area (Å²) in [6.45, 7) is 5.35. The minimum Gasteiger partial charge on any atom is -0.324 e. The van der Waals surface area contributed by atoms with Crippen molar-refractivity contribution in [3.8, 4) is 0 Å². The van der Waals surface area contributed by atoms with Crippen molar-refractivity contribution >= 4 is 44.9 Å². The van der Waals surface area contributed by atoms with Gasteiger partial charge < -0.3 is 10.2 Å². The molecular weight excluding hydrogens is 464 g/mol. The number of aryl methyl sites for hydroxylation is 1. The van der Waals surface area contributed by atoms with Crippen LogP contribution in [-0.4, -0.2) is 50.9 Å². The molecule has 2 aromatic carbocycles. The normalized spacial score (nSPS) is 16.6. The van der Waals surface area contributed by atoms with Crippen molar-refractivity contribution in [1.82, 2.24) is 9.62 Å². The fourth-order valence-electron chi connectivity index (χ4n) is 4.15. The number of nitrogens with zero attached hydrogens (tertiary/aromatic N) is 2. The van der Waals surface area contributed by atoms with Crippen LogP contribution in [0.15, 0.2) is 41.3 Å². The van der Waals surface area contributed by atoms with Crippen molar-refractivity contribution in [2.75, 3.05) is 29.9 Å². The van der Waals surface area contributed by atoms with Crippen LogP contribution in [0, 0.1) is 6.92 Å². The molecule has 0 spiro atoms. The third kappa shape index (κ3) is 5.00. The zero-order valence-electron chi connectivity index (χ0n) is 18.6. The van der Waals surface area contributed by atoms with Crippen molar-refractivity contribution in [3.05, 3.63) is 52.5 Å². The molecule has 10 heteroatoms. The molecule has 33 heavy (non-hydrogen) atoms. The van der Waals surface area contributed by atoms with E-state index in [1.165, 1.54) is 13.0 Å². The lowest BCUT2D eigenvalue weighted by Gasteiger charge is -2.24. The molecule has 176 valence electrons. The molecule has 0 bridgehead atoms. The van der Waals surface area contributed by atoms with Gasteiger partial charge in [0, 0.05) is 36.0 Å². The molecule has 2 aliphatic heterocycles. The van der Waals surface area contributed by atoms with E-state index in [1.807, 2.05) is 11.8 Å². The Kier molecular flexibility index (Phi) is 6.65. The molecule has 2 N–H and O–H groups in total. The number of carbonyl (C=O) groups is 2. The molecule has 0 aliphatic carbocycles. The number of sulfonamides is 1. The second kappa shape index (κ2) is 9.32. The van der Waals surface area contributed by atoms with Gasteiger partial charge in [0.25, 0.3) is 0 Å². The first kappa shape index (κ1) is 23.5. The summed E-state index contributed by atoms with van der Waals surface area (Å²) in [5.74, 6) is -0.493. The van der Waals surface area contributed by atoms with Crippen molar-refractivity contribution in [1.29, 1.82) is 0 Å². The number of rotatable bonds is 5. The second-order valence-corrected chi connectivity index (χ2v) is 10.6. The Morgan fingerprint density at radius 2 is 1.79 bits per heavy atom. The van der Waals surface area contributed by atoms with Gasteiger partial charge in [0.05, 0.1) is 10.9 Å². The van der Waals surface area contributed by atoms with Gasteiger partial charge in [0.2, 0.25) is 15.9 Å². The minimum atomic E-state index is -3.94. The maximum atomic E-state index is 12.9. The van der Waals surface area contributed by atoms with Crippen LogP contribution in [0.1, 0.15) is 30.9 Å². The quantitative estimate of drug-likeness (QED) is 0.669. The summed E-state index contributed by atoms with van der Waals surface area (Å²) in [6.07, 6.45) is 2.61. The van der Waals surface area contributed by atoms with Crippen LogP contribution in [0.25, 0.3) is 0 Å². The molecule has 0 aromatic heterocycles. The van der Waals surface area contributed by atoms with Gasteiger partial charge >= 0.3 is 6.03 Å². The fraction of sp³-hybridized carbons (Fsp3) is 0.391. The predicted octanol–water partition coefficient (Wildman–Crippen LogP) is 3.53. The number of hydrogen-bond donors (Lipinski definition) is 2. The van der Waals surface area contributed by atoms with Gasteiger partial charge in [-0.2, -0.15) is 4.72 Å². The number of halogens is 1. The highest BCUT2D eigenvalue weighted by Crippen LogP contribution is 2.31. The van der Waals surface area contributed by atoms with Gasteiger partial charge in [-0.05, 0) is 74.6 Å². The molecule has 0 radical (unpaired) electrons. The zero-order chi connectivity index (χ0) is 23.8.